The highest BCUT2D eigenvalue weighted by molar-refractivity contribution is 7.17. The van der Waals surface area contributed by atoms with Gasteiger partial charge in [-0.3, -0.25) is 18.6 Å². The molecule has 3 aromatic heterocycles. The smallest absolute Gasteiger partial charge is 0.272 e. The number of amides is 1. The van der Waals surface area contributed by atoms with Gasteiger partial charge in [0, 0.05) is 31.0 Å². The second kappa shape index (κ2) is 7.73. The minimum atomic E-state index is -0.0953. The summed E-state index contributed by atoms with van der Waals surface area (Å²) in [6, 6.07) is 9.30. The molecule has 1 aromatic carbocycles. The molecule has 4 aromatic rings. The Balaban J connectivity index is 1.54. The SMILES string of the molecule is CCn1c(=O)c2sccc2n2c(CCC(=O)NCc3ccccc3Cl)nnc12. The molecule has 0 radical (unpaired) electrons. The summed E-state index contributed by atoms with van der Waals surface area (Å²) in [7, 11) is 0. The maximum absolute atomic E-state index is 12.6. The quantitative estimate of drug-likeness (QED) is 0.524. The fraction of sp³-hybridized carbons (Fsp3) is 0.263. The van der Waals surface area contributed by atoms with Gasteiger partial charge in [0.15, 0.2) is 0 Å². The van der Waals surface area contributed by atoms with Crippen LogP contribution in [0, 0.1) is 0 Å². The third-order valence-electron chi connectivity index (χ3n) is 4.60. The van der Waals surface area contributed by atoms with Gasteiger partial charge in [0.2, 0.25) is 11.7 Å². The number of fused-ring (bicyclic) bond motifs is 3. The van der Waals surface area contributed by atoms with Crippen molar-refractivity contribution in [1.29, 1.82) is 0 Å². The summed E-state index contributed by atoms with van der Waals surface area (Å²) in [6.07, 6.45) is 0.685. The molecule has 9 heteroatoms. The van der Waals surface area contributed by atoms with Crippen LogP contribution in [-0.4, -0.2) is 25.1 Å². The Labute approximate surface area is 169 Å². The van der Waals surface area contributed by atoms with Crippen molar-refractivity contribution in [2.75, 3.05) is 0 Å². The number of halogens is 1. The van der Waals surface area contributed by atoms with E-state index >= 15 is 0 Å². The van der Waals surface area contributed by atoms with Crippen LogP contribution in [0.25, 0.3) is 16.0 Å². The van der Waals surface area contributed by atoms with Gasteiger partial charge in [0.1, 0.15) is 10.5 Å². The standard InChI is InChI=1S/C19H18ClN5O2S/c1-2-24-18(27)17-14(9-10-28-17)25-15(22-23-19(24)25)7-8-16(26)21-11-12-5-3-4-6-13(12)20/h3-6,9-10H,2,7-8,11H2,1H3,(H,21,26). The summed E-state index contributed by atoms with van der Waals surface area (Å²) in [5.74, 6) is 1.07. The summed E-state index contributed by atoms with van der Waals surface area (Å²) in [5, 5.41) is 13.8. The molecule has 1 amide bonds. The number of nitrogens with one attached hydrogen (secondary N) is 1. The number of aryl methyl sites for hydroxylation is 2. The molecule has 1 N–H and O–H groups in total. The fourth-order valence-corrected chi connectivity index (χ4v) is 4.20. The van der Waals surface area contributed by atoms with E-state index in [1.54, 1.807) is 10.6 Å². The molecular formula is C19H18ClN5O2S. The van der Waals surface area contributed by atoms with Crippen LogP contribution in [0.4, 0.5) is 0 Å². The molecule has 0 atom stereocenters. The van der Waals surface area contributed by atoms with Gasteiger partial charge >= 0.3 is 0 Å². The van der Waals surface area contributed by atoms with Gasteiger partial charge in [-0.15, -0.1) is 21.5 Å². The third-order valence-corrected chi connectivity index (χ3v) is 5.87. The van der Waals surface area contributed by atoms with E-state index in [4.69, 9.17) is 11.6 Å². The number of rotatable bonds is 6. The molecule has 0 unspecified atom stereocenters. The van der Waals surface area contributed by atoms with Crippen LogP contribution >= 0.6 is 22.9 Å². The zero-order valence-electron chi connectivity index (χ0n) is 15.2. The summed E-state index contributed by atoms with van der Waals surface area (Å²) in [6.45, 7) is 2.78. The van der Waals surface area contributed by atoms with Crippen molar-refractivity contribution >= 4 is 44.8 Å². The van der Waals surface area contributed by atoms with E-state index in [0.717, 1.165) is 11.1 Å². The number of hydrogen-bond donors (Lipinski definition) is 1. The normalized spacial score (nSPS) is 11.4. The predicted molar refractivity (Wildman–Crippen MR) is 110 cm³/mol. The fourth-order valence-electron chi connectivity index (χ4n) is 3.18. The molecule has 0 aliphatic rings. The zero-order chi connectivity index (χ0) is 19.7. The molecule has 0 saturated heterocycles. The second-order valence-electron chi connectivity index (χ2n) is 6.30. The average Bonchev–Trinajstić information content (AvgIpc) is 3.33. The lowest BCUT2D eigenvalue weighted by atomic mass is 10.2. The number of thiophene rings is 1. The number of carbonyl (C=O) groups is 1. The first kappa shape index (κ1) is 18.6. The third kappa shape index (κ3) is 3.29. The molecule has 0 bridgehead atoms. The Kier molecular flexibility index (Phi) is 5.15. The maximum Gasteiger partial charge on any atom is 0.272 e. The lowest BCUT2D eigenvalue weighted by molar-refractivity contribution is -0.121. The monoisotopic (exact) mass is 415 g/mol. The van der Waals surface area contributed by atoms with Crippen LogP contribution in [0.15, 0.2) is 40.5 Å². The molecule has 7 nitrogen and oxygen atoms in total. The summed E-state index contributed by atoms with van der Waals surface area (Å²) in [5.41, 5.74) is 1.60. The van der Waals surface area contributed by atoms with E-state index in [0.29, 0.717) is 40.8 Å². The van der Waals surface area contributed by atoms with E-state index in [2.05, 4.69) is 15.5 Å². The highest BCUT2D eigenvalue weighted by Crippen LogP contribution is 2.20. The topological polar surface area (TPSA) is 81.3 Å². The van der Waals surface area contributed by atoms with Crippen LogP contribution in [0.3, 0.4) is 0 Å². The van der Waals surface area contributed by atoms with Crippen LogP contribution < -0.4 is 10.9 Å². The second-order valence-corrected chi connectivity index (χ2v) is 7.63. The Morgan fingerprint density at radius 1 is 1.25 bits per heavy atom. The lowest BCUT2D eigenvalue weighted by Gasteiger charge is -2.08. The maximum atomic E-state index is 12.6. The van der Waals surface area contributed by atoms with Gasteiger partial charge in [0.05, 0.1) is 5.52 Å². The van der Waals surface area contributed by atoms with Crippen molar-refractivity contribution in [1.82, 2.24) is 24.5 Å². The number of carbonyl (C=O) groups excluding carboxylic acids is 1. The van der Waals surface area contributed by atoms with Crippen LogP contribution in [0.5, 0.6) is 0 Å². The highest BCUT2D eigenvalue weighted by atomic mass is 35.5. The Morgan fingerprint density at radius 2 is 2.07 bits per heavy atom. The molecule has 0 aliphatic carbocycles. The van der Waals surface area contributed by atoms with E-state index in [1.807, 2.05) is 41.0 Å². The molecule has 4 rings (SSSR count). The van der Waals surface area contributed by atoms with Crippen LogP contribution in [0.1, 0.15) is 24.7 Å². The summed E-state index contributed by atoms with van der Waals surface area (Å²) in [4.78, 5) is 24.9. The molecular weight excluding hydrogens is 398 g/mol. The minimum absolute atomic E-state index is 0.0589. The van der Waals surface area contributed by atoms with Crippen molar-refractivity contribution in [2.24, 2.45) is 0 Å². The minimum Gasteiger partial charge on any atom is -0.352 e. The van der Waals surface area contributed by atoms with Gasteiger partial charge in [-0.05, 0) is 30.0 Å². The van der Waals surface area contributed by atoms with E-state index in [1.165, 1.54) is 11.3 Å². The molecule has 0 saturated carbocycles. The molecule has 0 aliphatic heterocycles. The molecule has 3 heterocycles. The van der Waals surface area contributed by atoms with Crippen molar-refractivity contribution in [3.8, 4) is 0 Å². The Morgan fingerprint density at radius 3 is 2.86 bits per heavy atom. The van der Waals surface area contributed by atoms with Gasteiger partial charge in [-0.1, -0.05) is 29.8 Å². The average molecular weight is 416 g/mol. The Bertz CT molecular complexity index is 1230. The lowest BCUT2D eigenvalue weighted by Crippen LogP contribution is -2.24. The molecule has 144 valence electrons. The highest BCUT2D eigenvalue weighted by Gasteiger charge is 2.17. The number of hydrogen-bond acceptors (Lipinski definition) is 5. The van der Waals surface area contributed by atoms with Crippen molar-refractivity contribution in [3.05, 3.63) is 62.5 Å². The molecule has 28 heavy (non-hydrogen) atoms. The molecule has 0 spiro atoms. The zero-order valence-corrected chi connectivity index (χ0v) is 16.8. The number of nitrogens with zero attached hydrogens (tertiary/aromatic N) is 4. The van der Waals surface area contributed by atoms with Gasteiger partial charge in [0.25, 0.3) is 5.56 Å². The van der Waals surface area contributed by atoms with E-state index in [9.17, 15) is 9.59 Å². The van der Waals surface area contributed by atoms with Crippen molar-refractivity contribution < 1.29 is 4.79 Å². The van der Waals surface area contributed by atoms with E-state index < -0.39 is 0 Å². The van der Waals surface area contributed by atoms with Crippen LogP contribution in [0.2, 0.25) is 5.02 Å². The largest absolute Gasteiger partial charge is 0.352 e. The molecule has 0 fully saturated rings. The number of aromatic nitrogens is 4. The van der Waals surface area contributed by atoms with Crippen molar-refractivity contribution in [2.45, 2.75) is 32.9 Å². The van der Waals surface area contributed by atoms with E-state index in [-0.39, 0.29) is 17.9 Å². The first-order valence-electron chi connectivity index (χ1n) is 8.94. The Hall–Kier alpha value is -2.71. The number of benzene rings is 1. The summed E-state index contributed by atoms with van der Waals surface area (Å²) < 4.78 is 4.14. The first-order chi connectivity index (χ1) is 13.6. The van der Waals surface area contributed by atoms with Gasteiger partial charge in [-0.2, -0.15) is 0 Å². The van der Waals surface area contributed by atoms with Gasteiger partial charge in [-0.25, -0.2) is 0 Å². The first-order valence-corrected chi connectivity index (χ1v) is 10.2. The summed E-state index contributed by atoms with van der Waals surface area (Å²) >= 11 is 7.52. The van der Waals surface area contributed by atoms with Crippen molar-refractivity contribution in [3.63, 3.8) is 0 Å². The van der Waals surface area contributed by atoms with Gasteiger partial charge < -0.3 is 5.32 Å². The predicted octanol–water partition coefficient (Wildman–Crippen LogP) is 3.03. The van der Waals surface area contributed by atoms with Crippen LogP contribution in [-0.2, 0) is 24.3 Å².